The summed E-state index contributed by atoms with van der Waals surface area (Å²) in [6.45, 7) is 9.44. The van der Waals surface area contributed by atoms with Gasteiger partial charge in [0, 0.05) is 24.4 Å². The zero-order valence-electron chi connectivity index (χ0n) is 20.1. The minimum Gasteiger partial charge on any atom is -0.470 e. The average Bonchev–Trinajstić information content (AvgIpc) is 3.58. The Morgan fingerprint density at radius 3 is 2.77 bits per heavy atom. The van der Waals surface area contributed by atoms with Crippen LogP contribution in [0.5, 0.6) is 5.88 Å². The van der Waals surface area contributed by atoms with Crippen molar-refractivity contribution in [1.29, 1.82) is 0 Å². The number of carbonyl (C=O) groups excluding carboxylic acids is 1. The van der Waals surface area contributed by atoms with E-state index in [4.69, 9.17) is 14.0 Å². The van der Waals surface area contributed by atoms with Crippen LogP contribution in [0.2, 0.25) is 0 Å². The van der Waals surface area contributed by atoms with Gasteiger partial charge in [0.2, 0.25) is 11.7 Å². The van der Waals surface area contributed by atoms with E-state index in [1.165, 1.54) is 0 Å². The predicted octanol–water partition coefficient (Wildman–Crippen LogP) is 2.88. The standard InChI is InChI=1S/C24H27N7O4/c1-14-9-19(30-35-14)21-28-27-20-10-18(24(2,3)4)23(29-31(20)21)34-13-16-6-5-15(11-25-16)22(32)26-17-7-8-33-12-17/h5-6,9-11,17H,7-8,12-13H2,1-4H3,(H,26,32). The summed E-state index contributed by atoms with van der Waals surface area (Å²) in [6.07, 6.45) is 2.37. The molecule has 5 heterocycles. The van der Waals surface area contributed by atoms with E-state index in [-0.39, 0.29) is 24.0 Å². The quantitative estimate of drug-likeness (QED) is 0.445. The first-order valence-electron chi connectivity index (χ1n) is 11.4. The lowest BCUT2D eigenvalue weighted by Gasteiger charge is -2.21. The summed E-state index contributed by atoms with van der Waals surface area (Å²) in [7, 11) is 0. The van der Waals surface area contributed by atoms with Crippen molar-refractivity contribution in [2.75, 3.05) is 13.2 Å². The first kappa shape index (κ1) is 22.9. The minimum absolute atomic E-state index is 0.0473. The zero-order valence-corrected chi connectivity index (χ0v) is 20.1. The van der Waals surface area contributed by atoms with Crippen LogP contribution in [-0.2, 0) is 16.8 Å². The summed E-state index contributed by atoms with van der Waals surface area (Å²) >= 11 is 0. The van der Waals surface area contributed by atoms with Gasteiger partial charge in [-0.3, -0.25) is 9.78 Å². The zero-order chi connectivity index (χ0) is 24.6. The Morgan fingerprint density at radius 2 is 2.11 bits per heavy atom. The lowest BCUT2D eigenvalue weighted by molar-refractivity contribution is 0.0929. The molecule has 0 saturated carbocycles. The van der Waals surface area contributed by atoms with Crippen LogP contribution in [0.3, 0.4) is 0 Å². The lowest BCUT2D eigenvalue weighted by atomic mass is 9.88. The first-order valence-corrected chi connectivity index (χ1v) is 11.4. The molecule has 1 fully saturated rings. The molecule has 1 amide bonds. The Balaban J connectivity index is 1.37. The van der Waals surface area contributed by atoms with Crippen LogP contribution in [0.1, 0.15) is 54.6 Å². The van der Waals surface area contributed by atoms with Crippen LogP contribution in [0.4, 0.5) is 0 Å². The highest BCUT2D eigenvalue weighted by atomic mass is 16.5. The molecule has 5 rings (SSSR count). The Bertz CT molecular complexity index is 1350. The number of ether oxygens (including phenoxy) is 2. The topological polar surface area (TPSA) is 130 Å². The fraction of sp³-hybridized carbons (Fsp3) is 0.417. The van der Waals surface area contributed by atoms with E-state index in [2.05, 4.69) is 51.5 Å². The molecule has 4 aromatic heterocycles. The number of aromatic nitrogens is 6. The number of hydrogen-bond acceptors (Lipinski definition) is 9. The number of pyridine rings is 1. The van der Waals surface area contributed by atoms with Crippen LogP contribution in [-0.4, -0.2) is 55.1 Å². The SMILES string of the molecule is Cc1cc(-c2nnc3cc(C(C)(C)C)c(OCc4ccc(C(=O)NC5CCOC5)cn4)nn23)no1. The Morgan fingerprint density at radius 1 is 1.26 bits per heavy atom. The van der Waals surface area contributed by atoms with Gasteiger partial charge in [-0.1, -0.05) is 25.9 Å². The molecule has 1 aliphatic rings. The van der Waals surface area contributed by atoms with Gasteiger partial charge in [0.1, 0.15) is 12.4 Å². The second-order valence-corrected chi connectivity index (χ2v) is 9.59. The third kappa shape index (κ3) is 4.85. The number of rotatable bonds is 6. The smallest absolute Gasteiger partial charge is 0.253 e. The van der Waals surface area contributed by atoms with Crippen molar-refractivity contribution < 1.29 is 18.8 Å². The van der Waals surface area contributed by atoms with Crippen molar-refractivity contribution in [3.63, 3.8) is 0 Å². The van der Waals surface area contributed by atoms with Gasteiger partial charge in [0.25, 0.3) is 5.91 Å². The van der Waals surface area contributed by atoms with E-state index in [0.717, 1.165) is 12.0 Å². The van der Waals surface area contributed by atoms with Crippen molar-refractivity contribution in [1.82, 2.24) is 35.3 Å². The molecule has 0 radical (unpaired) electrons. The van der Waals surface area contributed by atoms with Gasteiger partial charge in [0.15, 0.2) is 11.3 Å². The Hall–Kier alpha value is -3.86. The number of fused-ring (bicyclic) bond motifs is 1. The fourth-order valence-corrected chi connectivity index (χ4v) is 3.79. The number of nitrogens with one attached hydrogen (secondary N) is 1. The molecule has 0 bridgehead atoms. The van der Waals surface area contributed by atoms with Gasteiger partial charge in [-0.25, -0.2) is 0 Å². The van der Waals surface area contributed by atoms with Crippen molar-refractivity contribution in [3.8, 4) is 17.4 Å². The summed E-state index contributed by atoms with van der Waals surface area (Å²) in [5.74, 6) is 1.41. The average molecular weight is 478 g/mol. The summed E-state index contributed by atoms with van der Waals surface area (Å²) in [5, 5.41) is 20.2. The molecule has 0 spiro atoms. The molecular formula is C24H27N7O4. The van der Waals surface area contributed by atoms with Gasteiger partial charge in [-0.05, 0) is 37.0 Å². The minimum atomic E-state index is -0.250. The molecule has 1 N–H and O–H groups in total. The Labute approximate surface area is 201 Å². The fourth-order valence-electron chi connectivity index (χ4n) is 3.79. The van der Waals surface area contributed by atoms with E-state index >= 15 is 0 Å². The predicted molar refractivity (Wildman–Crippen MR) is 125 cm³/mol. The van der Waals surface area contributed by atoms with E-state index in [1.807, 2.05) is 13.0 Å². The summed E-state index contributed by atoms with van der Waals surface area (Å²) in [5.41, 5.74) is 2.92. The third-order valence-electron chi connectivity index (χ3n) is 5.73. The maximum atomic E-state index is 12.4. The molecule has 11 heteroatoms. The van der Waals surface area contributed by atoms with Gasteiger partial charge in [0.05, 0.1) is 23.9 Å². The van der Waals surface area contributed by atoms with Crippen LogP contribution in [0, 0.1) is 6.92 Å². The molecule has 1 atom stereocenters. The lowest BCUT2D eigenvalue weighted by Crippen LogP contribution is -2.35. The largest absolute Gasteiger partial charge is 0.470 e. The molecule has 4 aromatic rings. The monoisotopic (exact) mass is 477 g/mol. The summed E-state index contributed by atoms with van der Waals surface area (Å²) in [6, 6.07) is 7.25. The molecule has 35 heavy (non-hydrogen) atoms. The summed E-state index contributed by atoms with van der Waals surface area (Å²) < 4.78 is 18.2. The van der Waals surface area contributed by atoms with E-state index in [0.29, 0.717) is 53.3 Å². The van der Waals surface area contributed by atoms with Crippen molar-refractivity contribution in [3.05, 3.63) is 53.0 Å². The Kier molecular flexibility index (Phi) is 5.93. The molecule has 1 unspecified atom stereocenters. The van der Waals surface area contributed by atoms with Gasteiger partial charge in [-0.15, -0.1) is 15.3 Å². The molecule has 1 aliphatic heterocycles. The highest BCUT2D eigenvalue weighted by Crippen LogP contribution is 2.32. The maximum Gasteiger partial charge on any atom is 0.253 e. The number of nitrogens with zero attached hydrogens (tertiary/aromatic N) is 6. The molecule has 1 saturated heterocycles. The number of carbonyl (C=O) groups is 1. The van der Waals surface area contributed by atoms with Gasteiger partial charge in [-0.2, -0.15) is 4.52 Å². The molecule has 0 aromatic carbocycles. The molecular weight excluding hydrogens is 450 g/mol. The second kappa shape index (κ2) is 9.06. The van der Waals surface area contributed by atoms with Crippen LogP contribution >= 0.6 is 0 Å². The van der Waals surface area contributed by atoms with Crippen LogP contribution < -0.4 is 10.1 Å². The van der Waals surface area contributed by atoms with Crippen molar-refractivity contribution in [2.45, 2.75) is 52.2 Å². The highest BCUT2D eigenvalue weighted by molar-refractivity contribution is 5.94. The first-order chi connectivity index (χ1) is 16.8. The maximum absolute atomic E-state index is 12.4. The van der Waals surface area contributed by atoms with Crippen LogP contribution in [0.15, 0.2) is 35.0 Å². The molecule has 11 nitrogen and oxygen atoms in total. The summed E-state index contributed by atoms with van der Waals surface area (Å²) in [4.78, 5) is 16.8. The van der Waals surface area contributed by atoms with Crippen molar-refractivity contribution in [2.24, 2.45) is 0 Å². The molecule has 182 valence electrons. The van der Waals surface area contributed by atoms with Crippen molar-refractivity contribution >= 4 is 11.6 Å². The third-order valence-corrected chi connectivity index (χ3v) is 5.73. The van der Waals surface area contributed by atoms with E-state index in [1.54, 1.807) is 28.9 Å². The van der Waals surface area contributed by atoms with E-state index < -0.39 is 0 Å². The number of aryl methyl sites for hydroxylation is 1. The highest BCUT2D eigenvalue weighted by Gasteiger charge is 2.25. The van der Waals surface area contributed by atoms with Gasteiger partial charge < -0.3 is 19.3 Å². The molecule has 0 aliphatic carbocycles. The number of hydrogen-bond donors (Lipinski definition) is 1. The number of amides is 1. The van der Waals surface area contributed by atoms with Gasteiger partial charge >= 0.3 is 0 Å². The second-order valence-electron chi connectivity index (χ2n) is 9.59. The van der Waals surface area contributed by atoms with Crippen LogP contribution in [0.25, 0.3) is 17.2 Å². The normalized spacial score (nSPS) is 16.1. The van der Waals surface area contributed by atoms with E-state index in [9.17, 15) is 4.79 Å².